The Morgan fingerprint density at radius 1 is 1.10 bits per heavy atom. The number of piperidine rings is 1. The van der Waals surface area contributed by atoms with Gasteiger partial charge < -0.3 is 14.6 Å². The van der Waals surface area contributed by atoms with Crippen molar-refractivity contribution >= 4 is 28.3 Å². The molecular formula is C24H23FN4O. The summed E-state index contributed by atoms with van der Waals surface area (Å²) in [5, 5.41) is 2.97. The van der Waals surface area contributed by atoms with Crippen LogP contribution in [0.5, 0.6) is 0 Å². The average Bonchev–Trinajstić information content (AvgIpc) is 3.27. The highest BCUT2D eigenvalue weighted by Crippen LogP contribution is 2.29. The molecule has 1 aliphatic heterocycles. The van der Waals surface area contributed by atoms with E-state index in [1.807, 2.05) is 30.3 Å². The van der Waals surface area contributed by atoms with Gasteiger partial charge in [0.1, 0.15) is 5.82 Å². The normalized spacial score (nSPS) is 16.8. The van der Waals surface area contributed by atoms with Crippen LogP contribution in [0.4, 0.5) is 10.2 Å². The van der Waals surface area contributed by atoms with Gasteiger partial charge in [-0.3, -0.25) is 4.79 Å². The van der Waals surface area contributed by atoms with Crippen molar-refractivity contribution in [3.63, 3.8) is 0 Å². The zero-order valence-electron chi connectivity index (χ0n) is 16.6. The second kappa shape index (κ2) is 7.78. The molecule has 1 aliphatic rings. The first-order valence-corrected chi connectivity index (χ1v) is 10.3. The number of carbonyl (C=O) groups is 1. The summed E-state index contributed by atoms with van der Waals surface area (Å²) < 4.78 is 15.5. The lowest BCUT2D eigenvalue weighted by molar-refractivity contribution is -0.125. The van der Waals surface area contributed by atoms with E-state index >= 15 is 0 Å². The highest BCUT2D eigenvalue weighted by Gasteiger charge is 2.27. The van der Waals surface area contributed by atoms with E-state index < -0.39 is 0 Å². The van der Waals surface area contributed by atoms with Gasteiger partial charge in [0.05, 0.1) is 22.5 Å². The van der Waals surface area contributed by atoms with Gasteiger partial charge in [-0.25, -0.2) is 9.37 Å². The summed E-state index contributed by atoms with van der Waals surface area (Å²) in [5.74, 6) is 0.525. The molecule has 152 valence electrons. The Bertz CT molecular complexity index is 1220. The predicted octanol–water partition coefficient (Wildman–Crippen LogP) is 4.16. The number of hydrogen-bond acceptors (Lipinski definition) is 3. The Morgan fingerprint density at radius 2 is 1.97 bits per heavy atom. The summed E-state index contributed by atoms with van der Waals surface area (Å²) in [5.41, 5.74) is 3.83. The monoisotopic (exact) mass is 402 g/mol. The Hall–Kier alpha value is -3.41. The molecule has 1 atom stereocenters. The second-order valence-electron chi connectivity index (χ2n) is 7.82. The first-order chi connectivity index (χ1) is 14.7. The summed E-state index contributed by atoms with van der Waals surface area (Å²) >= 11 is 0. The lowest BCUT2D eigenvalue weighted by Crippen LogP contribution is -2.43. The van der Waals surface area contributed by atoms with E-state index in [2.05, 4.69) is 32.9 Å². The van der Waals surface area contributed by atoms with Crippen LogP contribution in [0.15, 0.2) is 66.9 Å². The Labute approximate surface area is 174 Å². The lowest BCUT2D eigenvalue weighted by Gasteiger charge is -2.33. The maximum absolute atomic E-state index is 13.4. The van der Waals surface area contributed by atoms with Crippen LogP contribution in [0.1, 0.15) is 18.4 Å². The van der Waals surface area contributed by atoms with Crippen molar-refractivity contribution in [2.24, 2.45) is 5.92 Å². The fourth-order valence-electron chi connectivity index (χ4n) is 4.30. The number of anilines is 1. The van der Waals surface area contributed by atoms with Gasteiger partial charge in [-0.15, -0.1) is 0 Å². The first kappa shape index (κ1) is 18.6. The van der Waals surface area contributed by atoms with E-state index in [1.165, 1.54) is 12.1 Å². The third-order valence-electron chi connectivity index (χ3n) is 5.79. The fraction of sp³-hybridized carbons (Fsp3) is 0.250. The molecule has 5 rings (SSSR count). The Balaban J connectivity index is 1.36. The molecule has 2 aromatic heterocycles. The van der Waals surface area contributed by atoms with Crippen molar-refractivity contribution in [2.45, 2.75) is 19.4 Å². The maximum Gasteiger partial charge on any atom is 0.225 e. The molecular weight excluding hydrogens is 379 g/mol. The highest BCUT2D eigenvalue weighted by atomic mass is 19.1. The molecule has 5 nitrogen and oxygen atoms in total. The maximum atomic E-state index is 13.4. The largest absolute Gasteiger partial charge is 0.354 e. The van der Waals surface area contributed by atoms with E-state index in [0.29, 0.717) is 13.1 Å². The summed E-state index contributed by atoms with van der Waals surface area (Å²) in [6.07, 6.45) is 3.83. The third kappa shape index (κ3) is 3.49. The van der Waals surface area contributed by atoms with Gasteiger partial charge in [0.25, 0.3) is 0 Å². The number of halogens is 1. The van der Waals surface area contributed by atoms with Gasteiger partial charge in [-0.2, -0.15) is 0 Å². The first-order valence-electron chi connectivity index (χ1n) is 10.3. The number of aromatic nitrogens is 2. The molecule has 1 amide bonds. The zero-order chi connectivity index (χ0) is 20.5. The zero-order valence-corrected chi connectivity index (χ0v) is 16.6. The number of carbonyl (C=O) groups excluding carboxylic acids is 1. The number of amides is 1. The summed E-state index contributed by atoms with van der Waals surface area (Å²) in [6, 6.07) is 18.5. The fourth-order valence-corrected chi connectivity index (χ4v) is 4.30. The van der Waals surface area contributed by atoms with Crippen LogP contribution in [0.25, 0.3) is 16.6 Å². The van der Waals surface area contributed by atoms with Gasteiger partial charge in [-0.1, -0.05) is 24.3 Å². The van der Waals surface area contributed by atoms with Crippen LogP contribution in [-0.4, -0.2) is 28.4 Å². The standard InChI is InChI=1S/C24H23FN4O/c25-19-8-3-6-17(14-19)15-26-24(30)18-7-4-12-28(16-18)23-22-11-5-13-29(22)21-10-2-1-9-20(21)27-23/h1-3,5-6,8-11,13-14,18H,4,7,12,15-16H2,(H,26,30)/t18-/m1/s1. The van der Waals surface area contributed by atoms with Crippen molar-refractivity contribution in [1.82, 2.24) is 14.7 Å². The number of fused-ring (bicyclic) bond motifs is 3. The van der Waals surface area contributed by atoms with Crippen LogP contribution in [0.2, 0.25) is 0 Å². The van der Waals surface area contributed by atoms with Crippen molar-refractivity contribution < 1.29 is 9.18 Å². The van der Waals surface area contributed by atoms with E-state index in [-0.39, 0.29) is 17.6 Å². The minimum Gasteiger partial charge on any atom is -0.354 e. The number of nitrogens with zero attached hydrogens (tertiary/aromatic N) is 3. The van der Waals surface area contributed by atoms with E-state index in [1.54, 1.807) is 6.07 Å². The second-order valence-corrected chi connectivity index (χ2v) is 7.82. The smallest absolute Gasteiger partial charge is 0.225 e. The average molecular weight is 402 g/mol. The predicted molar refractivity (Wildman–Crippen MR) is 116 cm³/mol. The Morgan fingerprint density at radius 3 is 2.87 bits per heavy atom. The molecule has 0 bridgehead atoms. The van der Waals surface area contributed by atoms with Gasteiger partial charge in [0, 0.05) is 25.8 Å². The van der Waals surface area contributed by atoms with E-state index in [9.17, 15) is 9.18 Å². The summed E-state index contributed by atoms with van der Waals surface area (Å²) in [4.78, 5) is 20.0. The van der Waals surface area contributed by atoms with Crippen LogP contribution in [0.3, 0.4) is 0 Å². The topological polar surface area (TPSA) is 49.6 Å². The summed E-state index contributed by atoms with van der Waals surface area (Å²) in [6.45, 7) is 1.84. The van der Waals surface area contributed by atoms with Gasteiger partial charge in [0.15, 0.2) is 5.82 Å². The molecule has 1 N–H and O–H groups in total. The molecule has 0 radical (unpaired) electrons. The molecule has 0 unspecified atom stereocenters. The minimum absolute atomic E-state index is 0.0103. The SMILES string of the molecule is O=C(NCc1cccc(F)c1)[C@@H]1CCCN(c2nc3ccccc3n3cccc23)C1. The molecule has 1 saturated heterocycles. The van der Waals surface area contributed by atoms with Crippen molar-refractivity contribution in [1.29, 1.82) is 0 Å². The molecule has 0 saturated carbocycles. The minimum atomic E-state index is -0.288. The van der Waals surface area contributed by atoms with Gasteiger partial charge in [0.2, 0.25) is 5.91 Å². The van der Waals surface area contributed by atoms with Crippen molar-refractivity contribution in [2.75, 3.05) is 18.0 Å². The molecule has 0 spiro atoms. The number of benzene rings is 2. The van der Waals surface area contributed by atoms with Crippen molar-refractivity contribution in [3.8, 4) is 0 Å². The lowest BCUT2D eigenvalue weighted by atomic mass is 9.97. The van der Waals surface area contributed by atoms with Crippen LogP contribution < -0.4 is 10.2 Å². The quantitative estimate of drug-likeness (QED) is 0.558. The van der Waals surface area contributed by atoms with E-state index in [4.69, 9.17) is 4.98 Å². The van der Waals surface area contributed by atoms with E-state index in [0.717, 1.165) is 47.3 Å². The van der Waals surface area contributed by atoms with Crippen LogP contribution >= 0.6 is 0 Å². The number of rotatable bonds is 4. The summed E-state index contributed by atoms with van der Waals surface area (Å²) in [7, 11) is 0. The number of hydrogen-bond donors (Lipinski definition) is 1. The highest BCUT2D eigenvalue weighted by molar-refractivity contribution is 5.86. The van der Waals surface area contributed by atoms with Gasteiger partial charge in [-0.05, 0) is 54.8 Å². The Kier molecular flexibility index (Phi) is 4.83. The molecule has 0 aliphatic carbocycles. The van der Waals surface area contributed by atoms with Gasteiger partial charge >= 0.3 is 0 Å². The third-order valence-corrected chi connectivity index (χ3v) is 5.79. The molecule has 2 aromatic carbocycles. The molecule has 6 heteroatoms. The number of para-hydroxylation sites is 2. The van der Waals surface area contributed by atoms with Crippen molar-refractivity contribution in [3.05, 3.63) is 78.2 Å². The molecule has 4 aromatic rings. The molecule has 30 heavy (non-hydrogen) atoms. The molecule has 3 heterocycles. The number of nitrogens with one attached hydrogen (secondary N) is 1. The van der Waals surface area contributed by atoms with Crippen LogP contribution in [0, 0.1) is 11.7 Å². The van der Waals surface area contributed by atoms with Crippen LogP contribution in [-0.2, 0) is 11.3 Å². The molecule has 1 fully saturated rings.